The number of piperidine rings is 1. The molecule has 2 aliphatic heterocycles. The molecule has 1 aromatic rings. The van der Waals surface area contributed by atoms with Crippen LogP contribution in [-0.2, 0) is 4.79 Å². The molecule has 6 heteroatoms. The maximum absolute atomic E-state index is 12.8. The van der Waals surface area contributed by atoms with Crippen molar-refractivity contribution < 1.29 is 9.59 Å². The Balaban J connectivity index is 1.79. The lowest BCUT2D eigenvalue weighted by Crippen LogP contribution is -2.35. The third-order valence-corrected chi connectivity index (χ3v) is 4.55. The van der Waals surface area contributed by atoms with Gasteiger partial charge in [0.15, 0.2) is 0 Å². The average molecular weight is 302 g/mol. The molecule has 6 nitrogen and oxygen atoms in total. The average Bonchev–Trinajstić information content (AvgIpc) is 3.05. The second-order valence-electron chi connectivity index (χ2n) is 6.06. The van der Waals surface area contributed by atoms with Gasteiger partial charge in [0.1, 0.15) is 5.82 Å². The summed E-state index contributed by atoms with van der Waals surface area (Å²) in [6, 6.07) is 3.62. The molecular formula is C16H22N4O2. The second kappa shape index (κ2) is 6.34. The van der Waals surface area contributed by atoms with Crippen LogP contribution < -0.4 is 10.6 Å². The fraction of sp³-hybridized carbons (Fsp3) is 0.562. The van der Waals surface area contributed by atoms with Crippen LogP contribution >= 0.6 is 0 Å². The lowest BCUT2D eigenvalue weighted by molar-refractivity contribution is -0.121. The zero-order valence-electron chi connectivity index (χ0n) is 12.7. The van der Waals surface area contributed by atoms with E-state index in [-0.39, 0.29) is 17.7 Å². The highest BCUT2D eigenvalue weighted by Crippen LogP contribution is 2.25. The van der Waals surface area contributed by atoms with Crippen LogP contribution in [0.3, 0.4) is 0 Å². The number of nitrogens with two attached hydrogens (primary N) is 1. The van der Waals surface area contributed by atoms with E-state index in [2.05, 4.69) is 9.88 Å². The maximum atomic E-state index is 12.8. The Bertz CT molecular complexity index is 569. The highest BCUT2D eigenvalue weighted by Gasteiger charge is 2.32. The Kier molecular flexibility index (Phi) is 4.27. The highest BCUT2D eigenvalue weighted by atomic mass is 16.2. The lowest BCUT2D eigenvalue weighted by Gasteiger charge is -2.29. The minimum Gasteiger partial charge on any atom is -0.369 e. The van der Waals surface area contributed by atoms with Gasteiger partial charge in [0, 0.05) is 32.4 Å². The van der Waals surface area contributed by atoms with Gasteiger partial charge in [0.2, 0.25) is 5.91 Å². The van der Waals surface area contributed by atoms with Gasteiger partial charge >= 0.3 is 0 Å². The molecule has 0 bridgehead atoms. The van der Waals surface area contributed by atoms with Gasteiger partial charge in [-0.15, -0.1) is 0 Å². The van der Waals surface area contributed by atoms with Crippen LogP contribution in [0.5, 0.6) is 0 Å². The summed E-state index contributed by atoms with van der Waals surface area (Å²) >= 11 is 0. The number of hydrogen-bond donors (Lipinski definition) is 1. The first-order valence-electron chi connectivity index (χ1n) is 7.95. The number of anilines is 1. The summed E-state index contributed by atoms with van der Waals surface area (Å²) in [6.07, 6.45) is 5.89. The minimum absolute atomic E-state index is 0.0441. The van der Waals surface area contributed by atoms with E-state index in [9.17, 15) is 9.59 Å². The molecule has 0 spiro atoms. The van der Waals surface area contributed by atoms with Gasteiger partial charge < -0.3 is 15.5 Å². The fourth-order valence-electron chi connectivity index (χ4n) is 3.27. The number of amides is 2. The number of primary amides is 1. The van der Waals surface area contributed by atoms with E-state index in [1.165, 1.54) is 6.42 Å². The summed E-state index contributed by atoms with van der Waals surface area (Å²) in [5.74, 6) is 0.184. The number of nitrogens with zero attached hydrogens (tertiary/aromatic N) is 3. The fourth-order valence-corrected chi connectivity index (χ4v) is 3.27. The third-order valence-electron chi connectivity index (χ3n) is 4.55. The molecule has 1 atom stereocenters. The Morgan fingerprint density at radius 1 is 1.18 bits per heavy atom. The zero-order valence-corrected chi connectivity index (χ0v) is 12.7. The minimum atomic E-state index is -0.322. The smallest absolute Gasteiger partial charge is 0.257 e. The van der Waals surface area contributed by atoms with Crippen molar-refractivity contribution in [2.45, 2.75) is 25.7 Å². The molecule has 2 amide bonds. The molecule has 3 heterocycles. The van der Waals surface area contributed by atoms with Gasteiger partial charge in [-0.2, -0.15) is 0 Å². The summed E-state index contributed by atoms with van der Waals surface area (Å²) < 4.78 is 0. The Hall–Kier alpha value is -2.11. The number of carbonyl (C=O) groups excluding carboxylic acids is 2. The van der Waals surface area contributed by atoms with E-state index in [0.717, 1.165) is 31.7 Å². The molecule has 2 saturated heterocycles. The molecule has 0 aromatic carbocycles. The van der Waals surface area contributed by atoms with Crippen LogP contribution in [-0.4, -0.2) is 47.9 Å². The second-order valence-corrected chi connectivity index (χ2v) is 6.06. The summed E-state index contributed by atoms with van der Waals surface area (Å²) in [5.41, 5.74) is 5.98. The Labute approximate surface area is 130 Å². The largest absolute Gasteiger partial charge is 0.369 e. The molecule has 3 rings (SSSR count). The third kappa shape index (κ3) is 2.91. The first-order chi connectivity index (χ1) is 10.7. The van der Waals surface area contributed by atoms with Crippen LogP contribution in [0.15, 0.2) is 18.3 Å². The Morgan fingerprint density at radius 2 is 1.95 bits per heavy atom. The first kappa shape index (κ1) is 14.8. The molecular weight excluding hydrogens is 280 g/mol. The van der Waals surface area contributed by atoms with E-state index in [1.807, 2.05) is 6.07 Å². The van der Waals surface area contributed by atoms with Gasteiger partial charge in [-0.05, 0) is 37.8 Å². The van der Waals surface area contributed by atoms with Gasteiger partial charge in [-0.3, -0.25) is 9.59 Å². The monoisotopic (exact) mass is 302 g/mol. The van der Waals surface area contributed by atoms with Crippen molar-refractivity contribution in [3.63, 3.8) is 0 Å². The number of carbonyl (C=O) groups is 2. The van der Waals surface area contributed by atoms with Crippen molar-refractivity contribution >= 4 is 17.6 Å². The van der Waals surface area contributed by atoms with E-state index < -0.39 is 0 Å². The number of hydrogen-bond acceptors (Lipinski definition) is 4. The summed E-state index contributed by atoms with van der Waals surface area (Å²) in [5, 5.41) is 0. The first-order valence-corrected chi connectivity index (χ1v) is 7.95. The molecule has 0 radical (unpaired) electrons. The number of aromatic nitrogens is 1. The molecule has 0 unspecified atom stereocenters. The van der Waals surface area contributed by atoms with Crippen molar-refractivity contribution in [2.75, 3.05) is 31.1 Å². The number of pyridine rings is 1. The molecule has 2 aliphatic rings. The topological polar surface area (TPSA) is 79.5 Å². The molecule has 0 saturated carbocycles. The van der Waals surface area contributed by atoms with Crippen molar-refractivity contribution in [3.05, 3.63) is 23.9 Å². The molecule has 1 aromatic heterocycles. The molecule has 22 heavy (non-hydrogen) atoms. The van der Waals surface area contributed by atoms with E-state index in [1.54, 1.807) is 17.2 Å². The van der Waals surface area contributed by atoms with Gasteiger partial charge in [0.25, 0.3) is 5.91 Å². The van der Waals surface area contributed by atoms with Crippen molar-refractivity contribution in [1.29, 1.82) is 0 Å². The van der Waals surface area contributed by atoms with Crippen molar-refractivity contribution in [2.24, 2.45) is 11.7 Å². The Morgan fingerprint density at radius 3 is 2.64 bits per heavy atom. The zero-order chi connectivity index (χ0) is 15.5. The van der Waals surface area contributed by atoms with Crippen molar-refractivity contribution in [1.82, 2.24) is 9.88 Å². The molecule has 2 fully saturated rings. The maximum Gasteiger partial charge on any atom is 0.257 e. The standard InChI is InChI=1S/C16H22N4O2/c17-14(21)12-6-10-20(11-12)16(22)13-5-4-7-18-15(13)19-8-2-1-3-9-19/h4-5,7,12H,1-3,6,8-11H2,(H2,17,21)/t12-/m0/s1. The summed E-state index contributed by atoms with van der Waals surface area (Å²) in [4.78, 5) is 32.4. The predicted octanol–water partition coefficient (Wildman–Crippen LogP) is 1.02. The normalized spacial score (nSPS) is 21.9. The molecule has 2 N–H and O–H groups in total. The van der Waals surface area contributed by atoms with Gasteiger partial charge in [-0.25, -0.2) is 4.98 Å². The van der Waals surface area contributed by atoms with E-state index in [0.29, 0.717) is 25.1 Å². The molecule has 118 valence electrons. The summed E-state index contributed by atoms with van der Waals surface area (Å²) in [7, 11) is 0. The van der Waals surface area contributed by atoms with Crippen LogP contribution in [0.2, 0.25) is 0 Å². The lowest BCUT2D eigenvalue weighted by atomic mass is 10.1. The van der Waals surface area contributed by atoms with Crippen LogP contribution in [0, 0.1) is 5.92 Å². The molecule has 0 aliphatic carbocycles. The van der Waals surface area contributed by atoms with Gasteiger partial charge in [-0.1, -0.05) is 0 Å². The van der Waals surface area contributed by atoms with E-state index in [4.69, 9.17) is 5.73 Å². The SMILES string of the molecule is NC(=O)[C@H]1CCN(C(=O)c2cccnc2N2CCCCC2)C1. The number of rotatable bonds is 3. The number of likely N-dealkylation sites (tertiary alicyclic amines) is 1. The van der Waals surface area contributed by atoms with Crippen molar-refractivity contribution in [3.8, 4) is 0 Å². The van der Waals surface area contributed by atoms with Crippen LogP contribution in [0.4, 0.5) is 5.82 Å². The highest BCUT2D eigenvalue weighted by molar-refractivity contribution is 5.99. The van der Waals surface area contributed by atoms with Crippen LogP contribution in [0.25, 0.3) is 0 Å². The summed E-state index contributed by atoms with van der Waals surface area (Å²) in [6.45, 7) is 2.89. The van der Waals surface area contributed by atoms with Crippen LogP contribution in [0.1, 0.15) is 36.0 Å². The van der Waals surface area contributed by atoms with Gasteiger partial charge in [0.05, 0.1) is 11.5 Å². The predicted molar refractivity (Wildman–Crippen MR) is 83.5 cm³/mol. The quantitative estimate of drug-likeness (QED) is 0.904. The van der Waals surface area contributed by atoms with E-state index >= 15 is 0 Å².